The van der Waals surface area contributed by atoms with Crippen LogP contribution < -0.4 is 5.73 Å². The molecule has 1 aromatic carbocycles. The van der Waals surface area contributed by atoms with Crippen LogP contribution in [-0.2, 0) is 11.3 Å². The summed E-state index contributed by atoms with van der Waals surface area (Å²) >= 11 is 5.95. The maximum Gasteiger partial charge on any atom is 0.0906 e. The molecule has 0 aliphatic carbocycles. The number of hydrogen-bond acceptors (Lipinski definition) is 2. The lowest BCUT2D eigenvalue weighted by molar-refractivity contribution is 0.120. The number of nitrogens with one attached hydrogen (secondary N) is 1. The lowest BCUT2D eigenvalue weighted by Crippen LogP contribution is -2.10. The van der Waals surface area contributed by atoms with E-state index in [1.165, 1.54) is 0 Å². The van der Waals surface area contributed by atoms with Gasteiger partial charge in [0.05, 0.1) is 12.4 Å². The average molecular weight is 227 g/mol. The fourth-order valence-corrected chi connectivity index (χ4v) is 1.35. The Morgan fingerprint density at radius 1 is 1.40 bits per heavy atom. The van der Waals surface area contributed by atoms with Crippen molar-refractivity contribution in [2.45, 2.75) is 19.4 Å². The molecule has 0 aliphatic heterocycles. The molecule has 15 heavy (non-hydrogen) atoms. The van der Waals surface area contributed by atoms with Crippen LogP contribution in [0.1, 0.15) is 18.4 Å². The number of rotatable bonds is 6. The van der Waals surface area contributed by atoms with Gasteiger partial charge in [0.1, 0.15) is 0 Å². The Kier molecular flexibility index (Phi) is 5.15. The van der Waals surface area contributed by atoms with E-state index in [9.17, 15) is 0 Å². The van der Waals surface area contributed by atoms with Crippen molar-refractivity contribution in [3.8, 4) is 0 Å². The molecule has 1 rings (SSSR count). The maximum absolute atomic E-state index is 7.03. The van der Waals surface area contributed by atoms with Gasteiger partial charge in [0.15, 0.2) is 0 Å². The second-order valence-electron chi connectivity index (χ2n) is 3.27. The van der Waals surface area contributed by atoms with Gasteiger partial charge >= 0.3 is 0 Å². The van der Waals surface area contributed by atoms with Crippen LogP contribution in [0.15, 0.2) is 24.3 Å². The molecule has 0 unspecified atom stereocenters. The molecule has 0 fully saturated rings. The van der Waals surface area contributed by atoms with E-state index >= 15 is 0 Å². The molecule has 0 aromatic heterocycles. The zero-order chi connectivity index (χ0) is 11.1. The van der Waals surface area contributed by atoms with Gasteiger partial charge in [-0.15, -0.1) is 0 Å². The summed E-state index contributed by atoms with van der Waals surface area (Å²) in [5.41, 5.74) is 6.20. The summed E-state index contributed by atoms with van der Waals surface area (Å²) in [4.78, 5) is 0. The van der Waals surface area contributed by atoms with Gasteiger partial charge in [0.2, 0.25) is 0 Å². The summed E-state index contributed by atoms with van der Waals surface area (Å²) in [6.07, 6.45) is 1.36. The summed E-state index contributed by atoms with van der Waals surface area (Å²) in [6, 6.07) is 7.60. The van der Waals surface area contributed by atoms with E-state index in [4.69, 9.17) is 27.5 Å². The fraction of sp³-hybridized carbons (Fsp3) is 0.364. The second-order valence-corrected chi connectivity index (χ2v) is 3.68. The van der Waals surface area contributed by atoms with Crippen LogP contribution in [0.2, 0.25) is 5.02 Å². The first-order valence-corrected chi connectivity index (χ1v) is 5.22. The lowest BCUT2D eigenvalue weighted by Gasteiger charge is -2.05. The van der Waals surface area contributed by atoms with Gasteiger partial charge in [-0.05, 0) is 18.1 Å². The molecule has 0 radical (unpaired) electrons. The van der Waals surface area contributed by atoms with Crippen LogP contribution in [0.5, 0.6) is 0 Å². The summed E-state index contributed by atoms with van der Waals surface area (Å²) < 4.78 is 5.41. The highest BCUT2D eigenvalue weighted by Crippen LogP contribution is 2.15. The van der Waals surface area contributed by atoms with E-state index in [1.54, 1.807) is 0 Å². The molecule has 0 amide bonds. The van der Waals surface area contributed by atoms with Gasteiger partial charge in [0.25, 0.3) is 0 Å². The molecule has 4 heteroatoms. The number of benzene rings is 1. The Hall–Kier alpha value is -1.06. The highest BCUT2D eigenvalue weighted by molar-refractivity contribution is 6.31. The zero-order valence-corrected chi connectivity index (χ0v) is 9.26. The van der Waals surface area contributed by atoms with Crippen molar-refractivity contribution in [3.63, 3.8) is 0 Å². The van der Waals surface area contributed by atoms with Crippen LogP contribution in [0.25, 0.3) is 0 Å². The quantitative estimate of drug-likeness (QED) is 0.445. The Bertz CT molecular complexity index is 328. The SMILES string of the molecule is N=C(N)CCCOCc1ccccc1Cl. The van der Waals surface area contributed by atoms with E-state index in [-0.39, 0.29) is 5.84 Å². The van der Waals surface area contributed by atoms with Crippen molar-refractivity contribution in [1.29, 1.82) is 5.41 Å². The third kappa shape index (κ3) is 4.81. The van der Waals surface area contributed by atoms with Gasteiger partial charge in [0, 0.05) is 18.1 Å². The Morgan fingerprint density at radius 3 is 2.80 bits per heavy atom. The highest BCUT2D eigenvalue weighted by atomic mass is 35.5. The maximum atomic E-state index is 7.03. The molecular formula is C11H15ClN2O. The summed E-state index contributed by atoms with van der Waals surface area (Å²) in [6.45, 7) is 1.11. The predicted molar refractivity (Wildman–Crippen MR) is 62.3 cm³/mol. The molecule has 3 N–H and O–H groups in total. The third-order valence-electron chi connectivity index (χ3n) is 1.95. The number of nitrogens with two attached hydrogens (primary N) is 1. The Balaban J connectivity index is 2.21. The standard InChI is InChI=1S/C11H15ClN2O/c12-10-5-2-1-4-9(10)8-15-7-3-6-11(13)14/h1-2,4-5H,3,6-8H2,(H3,13,14). The van der Waals surface area contributed by atoms with Crippen molar-refractivity contribution in [2.75, 3.05) is 6.61 Å². The van der Waals surface area contributed by atoms with Crippen molar-refractivity contribution in [3.05, 3.63) is 34.9 Å². The van der Waals surface area contributed by atoms with E-state index in [2.05, 4.69) is 0 Å². The van der Waals surface area contributed by atoms with Crippen LogP contribution in [0.4, 0.5) is 0 Å². The lowest BCUT2D eigenvalue weighted by atomic mass is 10.2. The van der Waals surface area contributed by atoms with Crippen LogP contribution in [0, 0.1) is 5.41 Å². The van der Waals surface area contributed by atoms with Crippen molar-refractivity contribution in [1.82, 2.24) is 0 Å². The molecular weight excluding hydrogens is 212 g/mol. The van der Waals surface area contributed by atoms with Gasteiger partial charge in [-0.2, -0.15) is 0 Å². The first kappa shape index (κ1) is 12.0. The molecule has 0 aliphatic rings. The Labute approximate surface area is 94.7 Å². The van der Waals surface area contributed by atoms with Crippen LogP contribution in [0.3, 0.4) is 0 Å². The Morgan fingerprint density at radius 2 is 2.13 bits per heavy atom. The number of halogens is 1. The van der Waals surface area contributed by atoms with Crippen molar-refractivity contribution in [2.24, 2.45) is 5.73 Å². The molecule has 0 saturated heterocycles. The molecule has 1 aromatic rings. The van der Waals surface area contributed by atoms with E-state index in [1.807, 2.05) is 24.3 Å². The number of hydrogen-bond donors (Lipinski definition) is 2. The van der Waals surface area contributed by atoms with Crippen LogP contribution >= 0.6 is 11.6 Å². The minimum Gasteiger partial charge on any atom is -0.388 e. The van der Waals surface area contributed by atoms with E-state index in [0.29, 0.717) is 19.6 Å². The topological polar surface area (TPSA) is 59.1 Å². The predicted octanol–water partition coefficient (Wildman–Crippen LogP) is 2.57. The zero-order valence-electron chi connectivity index (χ0n) is 8.50. The summed E-state index contributed by atoms with van der Waals surface area (Å²) in [5, 5.41) is 7.76. The molecule has 0 atom stereocenters. The summed E-state index contributed by atoms with van der Waals surface area (Å²) in [5.74, 6) is 0.205. The third-order valence-corrected chi connectivity index (χ3v) is 2.32. The largest absolute Gasteiger partial charge is 0.388 e. The molecule has 0 saturated carbocycles. The van der Waals surface area contributed by atoms with E-state index in [0.717, 1.165) is 17.0 Å². The second kappa shape index (κ2) is 6.43. The fourth-order valence-electron chi connectivity index (χ4n) is 1.16. The smallest absolute Gasteiger partial charge is 0.0906 e. The molecule has 0 heterocycles. The summed E-state index contributed by atoms with van der Waals surface area (Å²) in [7, 11) is 0. The normalized spacial score (nSPS) is 10.2. The molecule has 82 valence electrons. The van der Waals surface area contributed by atoms with Crippen LogP contribution in [-0.4, -0.2) is 12.4 Å². The number of amidine groups is 1. The van der Waals surface area contributed by atoms with Gasteiger partial charge in [-0.3, -0.25) is 5.41 Å². The molecule has 3 nitrogen and oxygen atoms in total. The van der Waals surface area contributed by atoms with Crippen molar-refractivity contribution < 1.29 is 4.74 Å². The minimum absolute atomic E-state index is 0.205. The van der Waals surface area contributed by atoms with Gasteiger partial charge in [-0.25, -0.2) is 0 Å². The van der Waals surface area contributed by atoms with Crippen molar-refractivity contribution >= 4 is 17.4 Å². The monoisotopic (exact) mass is 226 g/mol. The van der Waals surface area contributed by atoms with Gasteiger partial charge in [-0.1, -0.05) is 29.8 Å². The first-order valence-electron chi connectivity index (χ1n) is 4.84. The number of ether oxygens (including phenoxy) is 1. The molecule has 0 spiro atoms. The average Bonchev–Trinajstić information content (AvgIpc) is 2.20. The minimum atomic E-state index is 0.205. The van der Waals surface area contributed by atoms with E-state index < -0.39 is 0 Å². The highest BCUT2D eigenvalue weighted by Gasteiger charge is 1.98. The first-order chi connectivity index (χ1) is 7.20. The molecule has 0 bridgehead atoms. The van der Waals surface area contributed by atoms with Gasteiger partial charge < -0.3 is 10.5 Å².